The quantitative estimate of drug-likeness (QED) is 0.346. The van der Waals surface area contributed by atoms with Crippen molar-refractivity contribution in [3.05, 3.63) is 12.2 Å². The summed E-state index contributed by atoms with van der Waals surface area (Å²) in [6.45, 7) is 8.39. The number of hydrogen-bond acceptors (Lipinski definition) is 2. The Morgan fingerprint density at radius 1 is 1.73 bits per heavy atom. The van der Waals surface area contributed by atoms with Crippen molar-refractivity contribution < 1.29 is 4.74 Å². The molecule has 0 heterocycles. The van der Waals surface area contributed by atoms with E-state index in [9.17, 15) is 0 Å². The maximum atomic E-state index is 5.21. The van der Waals surface area contributed by atoms with Crippen LogP contribution in [0.25, 0.3) is 0 Å². The fourth-order valence-electron chi connectivity index (χ4n) is 0.551. The monoisotopic (exact) mass is 153 g/mol. The van der Waals surface area contributed by atoms with Crippen molar-refractivity contribution in [2.45, 2.75) is 6.92 Å². The van der Waals surface area contributed by atoms with E-state index in [1.54, 1.807) is 0 Å². The van der Waals surface area contributed by atoms with Gasteiger partial charge in [-0.15, -0.1) is 6.42 Å². The number of terminal acetylenes is 1. The Hall–Kier alpha value is -0.780. The first-order chi connectivity index (χ1) is 5.27. The Balaban J connectivity index is 2.92. The Labute approximate surface area is 68.6 Å². The fraction of sp³-hybridized carbons (Fsp3) is 0.556. The van der Waals surface area contributed by atoms with Crippen LogP contribution in [0.2, 0.25) is 0 Å². The van der Waals surface area contributed by atoms with Gasteiger partial charge in [0.15, 0.2) is 0 Å². The molecule has 0 spiro atoms. The van der Waals surface area contributed by atoms with Crippen LogP contribution in [0, 0.1) is 12.3 Å². The summed E-state index contributed by atoms with van der Waals surface area (Å²) in [5.74, 6) is 2.48. The van der Waals surface area contributed by atoms with E-state index in [2.05, 4.69) is 17.8 Å². The number of hydrogen-bond donors (Lipinski definition) is 1. The van der Waals surface area contributed by atoms with Crippen LogP contribution in [0.4, 0.5) is 0 Å². The van der Waals surface area contributed by atoms with Crippen molar-refractivity contribution >= 4 is 0 Å². The molecule has 0 amide bonds. The van der Waals surface area contributed by atoms with Crippen LogP contribution < -0.4 is 5.32 Å². The minimum Gasteiger partial charge on any atom is -0.376 e. The lowest BCUT2D eigenvalue weighted by molar-refractivity contribution is 0.159. The average Bonchev–Trinajstić information content (AvgIpc) is 1.96. The van der Waals surface area contributed by atoms with Gasteiger partial charge in [-0.1, -0.05) is 18.1 Å². The van der Waals surface area contributed by atoms with Gasteiger partial charge in [-0.3, -0.25) is 0 Å². The van der Waals surface area contributed by atoms with Crippen molar-refractivity contribution in [2.24, 2.45) is 0 Å². The molecule has 11 heavy (non-hydrogen) atoms. The molecular formula is C9H15NO. The highest BCUT2D eigenvalue weighted by atomic mass is 16.5. The molecule has 0 aliphatic carbocycles. The Kier molecular flexibility index (Phi) is 6.81. The average molecular weight is 153 g/mol. The van der Waals surface area contributed by atoms with E-state index in [4.69, 9.17) is 11.2 Å². The standard InChI is InChI=1S/C9H15NO/c1-4-5-10-6-7-11-8-9(2)3/h1,10H,2,5-8H2,3H3. The molecule has 0 rings (SSSR count). The fourth-order valence-corrected chi connectivity index (χ4v) is 0.551. The summed E-state index contributed by atoms with van der Waals surface area (Å²) < 4.78 is 5.21. The Morgan fingerprint density at radius 2 is 2.45 bits per heavy atom. The van der Waals surface area contributed by atoms with Gasteiger partial charge in [0.25, 0.3) is 0 Å². The van der Waals surface area contributed by atoms with Crippen LogP contribution in [0.3, 0.4) is 0 Å². The second-order valence-electron chi connectivity index (χ2n) is 2.39. The molecule has 0 unspecified atom stereocenters. The topological polar surface area (TPSA) is 21.3 Å². The molecule has 0 fully saturated rings. The second kappa shape index (κ2) is 7.33. The SMILES string of the molecule is C#CCNCCOCC(=C)C. The summed E-state index contributed by atoms with van der Waals surface area (Å²) >= 11 is 0. The highest BCUT2D eigenvalue weighted by Gasteiger charge is 1.86. The molecule has 0 aromatic rings. The molecule has 0 aromatic heterocycles. The largest absolute Gasteiger partial charge is 0.376 e. The first kappa shape index (κ1) is 10.2. The molecule has 2 nitrogen and oxygen atoms in total. The minimum absolute atomic E-state index is 0.608. The third kappa shape index (κ3) is 9.22. The highest BCUT2D eigenvalue weighted by Crippen LogP contribution is 1.86. The van der Waals surface area contributed by atoms with E-state index in [1.165, 1.54) is 0 Å². The van der Waals surface area contributed by atoms with E-state index < -0.39 is 0 Å². The number of nitrogens with one attached hydrogen (secondary N) is 1. The Morgan fingerprint density at radius 3 is 3.00 bits per heavy atom. The maximum absolute atomic E-state index is 5.21. The molecule has 0 aliphatic heterocycles. The van der Waals surface area contributed by atoms with E-state index in [-0.39, 0.29) is 0 Å². The lowest BCUT2D eigenvalue weighted by Gasteiger charge is -2.02. The van der Waals surface area contributed by atoms with E-state index in [0.29, 0.717) is 19.8 Å². The summed E-state index contributed by atoms with van der Waals surface area (Å²) in [6, 6.07) is 0. The molecule has 0 bridgehead atoms. The van der Waals surface area contributed by atoms with E-state index in [0.717, 1.165) is 12.1 Å². The van der Waals surface area contributed by atoms with Gasteiger partial charge in [-0.2, -0.15) is 0 Å². The van der Waals surface area contributed by atoms with Crippen molar-refractivity contribution in [1.29, 1.82) is 0 Å². The summed E-state index contributed by atoms with van der Waals surface area (Å²) in [5.41, 5.74) is 1.04. The number of rotatable bonds is 6. The third-order valence-electron chi connectivity index (χ3n) is 0.999. The molecule has 2 heteroatoms. The van der Waals surface area contributed by atoms with Crippen LogP contribution in [0.1, 0.15) is 6.92 Å². The van der Waals surface area contributed by atoms with Crippen molar-refractivity contribution in [3.8, 4) is 12.3 Å². The van der Waals surface area contributed by atoms with E-state index in [1.807, 2.05) is 6.92 Å². The summed E-state index contributed by atoms with van der Waals surface area (Å²) in [4.78, 5) is 0. The molecular weight excluding hydrogens is 138 g/mol. The van der Waals surface area contributed by atoms with Gasteiger partial charge in [0, 0.05) is 6.54 Å². The zero-order chi connectivity index (χ0) is 8.53. The summed E-state index contributed by atoms with van der Waals surface area (Å²) in [6.07, 6.45) is 5.02. The van der Waals surface area contributed by atoms with Gasteiger partial charge < -0.3 is 10.1 Å². The molecule has 0 saturated carbocycles. The molecule has 62 valence electrons. The maximum Gasteiger partial charge on any atom is 0.0672 e. The Bertz CT molecular complexity index is 146. The summed E-state index contributed by atoms with van der Waals surface area (Å²) in [5, 5.41) is 3.02. The van der Waals surface area contributed by atoms with Gasteiger partial charge in [0.05, 0.1) is 19.8 Å². The van der Waals surface area contributed by atoms with Crippen LogP contribution in [0.15, 0.2) is 12.2 Å². The molecule has 0 radical (unpaired) electrons. The van der Waals surface area contributed by atoms with Crippen LogP contribution in [-0.2, 0) is 4.74 Å². The van der Waals surface area contributed by atoms with Gasteiger partial charge >= 0.3 is 0 Å². The minimum atomic E-state index is 0.608. The third-order valence-corrected chi connectivity index (χ3v) is 0.999. The lowest BCUT2D eigenvalue weighted by atomic mass is 10.4. The predicted octanol–water partition coefficient (Wildman–Crippen LogP) is 0.802. The van der Waals surface area contributed by atoms with E-state index >= 15 is 0 Å². The first-order valence-electron chi connectivity index (χ1n) is 3.63. The predicted molar refractivity (Wildman–Crippen MR) is 47.3 cm³/mol. The zero-order valence-corrected chi connectivity index (χ0v) is 7.02. The molecule has 0 atom stereocenters. The van der Waals surface area contributed by atoms with Gasteiger partial charge in [0.2, 0.25) is 0 Å². The molecule has 0 saturated heterocycles. The van der Waals surface area contributed by atoms with Crippen LogP contribution in [0.5, 0.6) is 0 Å². The molecule has 1 N–H and O–H groups in total. The zero-order valence-electron chi connectivity index (χ0n) is 7.02. The van der Waals surface area contributed by atoms with Crippen molar-refractivity contribution in [2.75, 3.05) is 26.3 Å². The normalized spacial score (nSPS) is 9.09. The first-order valence-corrected chi connectivity index (χ1v) is 3.63. The second-order valence-corrected chi connectivity index (χ2v) is 2.39. The van der Waals surface area contributed by atoms with Crippen molar-refractivity contribution in [1.82, 2.24) is 5.32 Å². The molecule has 0 aromatic carbocycles. The highest BCUT2D eigenvalue weighted by molar-refractivity contribution is 4.87. The van der Waals surface area contributed by atoms with Crippen molar-refractivity contribution in [3.63, 3.8) is 0 Å². The summed E-state index contributed by atoms with van der Waals surface area (Å²) in [7, 11) is 0. The number of ether oxygens (including phenoxy) is 1. The van der Waals surface area contributed by atoms with Gasteiger partial charge in [-0.05, 0) is 6.92 Å². The smallest absolute Gasteiger partial charge is 0.0672 e. The van der Waals surface area contributed by atoms with Gasteiger partial charge in [-0.25, -0.2) is 0 Å². The van der Waals surface area contributed by atoms with Crippen LogP contribution >= 0.6 is 0 Å². The lowest BCUT2D eigenvalue weighted by Crippen LogP contribution is -2.20. The van der Waals surface area contributed by atoms with Crippen LogP contribution in [-0.4, -0.2) is 26.3 Å². The molecule has 0 aliphatic rings. The van der Waals surface area contributed by atoms with Gasteiger partial charge in [0.1, 0.15) is 0 Å².